The van der Waals surface area contributed by atoms with Gasteiger partial charge < -0.3 is 5.11 Å². The Kier molecular flexibility index (Phi) is 5.70. The molecule has 1 aliphatic rings. The second-order valence-corrected chi connectivity index (χ2v) is 7.84. The van der Waals surface area contributed by atoms with Gasteiger partial charge >= 0.3 is 5.97 Å². The van der Waals surface area contributed by atoms with Gasteiger partial charge in [-0.2, -0.15) is 0 Å². The fourth-order valence-electron chi connectivity index (χ4n) is 2.92. The molecule has 5 nitrogen and oxygen atoms in total. The van der Waals surface area contributed by atoms with Crippen LogP contribution in [0.3, 0.4) is 0 Å². The van der Waals surface area contributed by atoms with Gasteiger partial charge in [-0.05, 0) is 65.9 Å². The maximum atomic E-state index is 13.2. The number of carbonyl (C=O) groups is 2. The molecule has 0 bridgehead atoms. The van der Waals surface area contributed by atoms with Crippen LogP contribution in [0.4, 0.5) is 11.4 Å². The van der Waals surface area contributed by atoms with E-state index in [9.17, 15) is 14.7 Å². The lowest BCUT2D eigenvalue weighted by molar-refractivity contribution is -0.113. The van der Waals surface area contributed by atoms with Gasteiger partial charge in [0.1, 0.15) is 0 Å². The highest BCUT2D eigenvalue weighted by Crippen LogP contribution is 2.37. The Morgan fingerprint density at radius 3 is 2.50 bits per heavy atom. The maximum Gasteiger partial charge on any atom is 0.335 e. The van der Waals surface area contributed by atoms with Gasteiger partial charge in [-0.25, -0.2) is 9.79 Å². The number of amides is 1. The molecule has 1 amide bonds. The molecular formula is C23H15ClN2O3S. The van der Waals surface area contributed by atoms with Gasteiger partial charge in [0.2, 0.25) is 0 Å². The average molecular weight is 435 g/mol. The van der Waals surface area contributed by atoms with Crippen molar-refractivity contribution in [3.8, 4) is 0 Å². The summed E-state index contributed by atoms with van der Waals surface area (Å²) in [4.78, 5) is 31.1. The predicted octanol–water partition coefficient (Wildman–Crippen LogP) is 5.85. The summed E-state index contributed by atoms with van der Waals surface area (Å²) in [5.41, 5.74) is 2.07. The number of nitrogens with zero attached hydrogens (tertiary/aromatic N) is 2. The van der Waals surface area contributed by atoms with E-state index in [4.69, 9.17) is 11.6 Å². The van der Waals surface area contributed by atoms with Crippen LogP contribution in [-0.2, 0) is 4.79 Å². The van der Waals surface area contributed by atoms with Crippen molar-refractivity contribution in [3.05, 3.63) is 99.9 Å². The number of benzene rings is 3. The molecule has 3 aromatic carbocycles. The number of halogens is 1. The normalized spacial score (nSPS) is 16.4. The highest BCUT2D eigenvalue weighted by molar-refractivity contribution is 8.19. The highest BCUT2D eigenvalue weighted by atomic mass is 35.5. The molecule has 1 aliphatic heterocycles. The number of rotatable bonds is 4. The van der Waals surface area contributed by atoms with E-state index in [0.717, 1.165) is 5.56 Å². The molecule has 0 saturated carbocycles. The quantitative estimate of drug-likeness (QED) is 0.523. The van der Waals surface area contributed by atoms with Crippen molar-refractivity contribution in [2.24, 2.45) is 4.99 Å². The van der Waals surface area contributed by atoms with E-state index in [1.165, 1.54) is 28.8 Å². The van der Waals surface area contributed by atoms with E-state index in [-0.39, 0.29) is 11.5 Å². The van der Waals surface area contributed by atoms with Gasteiger partial charge in [0, 0.05) is 5.02 Å². The minimum Gasteiger partial charge on any atom is -0.478 e. The first kappa shape index (κ1) is 19.9. The summed E-state index contributed by atoms with van der Waals surface area (Å²) in [5.74, 6) is -1.24. The SMILES string of the molecule is O=C(O)c1cccc(N=C2S/C(=C\c3cccc(Cl)c3)C(=O)N2c2ccccc2)c1. The zero-order chi connectivity index (χ0) is 21.1. The Morgan fingerprint density at radius 2 is 1.77 bits per heavy atom. The Bertz CT molecular complexity index is 1190. The second kappa shape index (κ2) is 8.57. The van der Waals surface area contributed by atoms with Crippen molar-refractivity contribution in [2.45, 2.75) is 0 Å². The van der Waals surface area contributed by atoms with Crippen LogP contribution in [0.15, 0.2) is 88.8 Å². The number of amidine groups is 1. The molecule has 7 heteroatoms. The van der Waals surface area contributed by atoms with E-state index in [0.29, 0.717) is 26.5 Å². The summed E-state index contributed by atoms with van der Waals surface area (Å²) < 4.78 is 0. The highest BCUT2D eigenvalue weighted by Gasteiger charge is 2.34. The zero-order valence-corrected chi connectivity index (χ0v) is 17.1. The third-order valence-corrected chi connectivity index (χ3v) is 5.49. The molecule has 3 aromatic rings. The first-order valence-electron chi connectivity index (χ1n) is 8.98. The molecule has 0 spiro atoms. The van der Waals surface area contributed by atoms with Gasteiger partial charge in [-0.3, -0.25) is 9.69 Å². The summed E-state index contributed by atoms with van der Waals surface area (Å²) in [6, 6.07) is 22.7. The third-order valence-electron chi connectivity index (χ3n) is 4.29. The molecule has 30 heavy (non-hydrogen) atoms. The van der Waals surface area contributed by atoms with Crippen LogP contribution >= 0.6 is 23.4 Å². The lowest BCUT2D eigenvalue weighted by atomic mass is 10.2. The molecule has 0 unspecified atom stereocenters. The molecule has 0 aromatic heterocycles. The summed E-state index contributed by atoms with van der Waals surface area (Å²) in [6.07, 6.45) is 1.77. The molecular weight excluding hydrogens is 420 g/mol. The van der Waals surface area contributed by atoms with Crippen LogP contribution in [-0.4, -0.2) is 22.2 Å². The van der Waals surface area contributed by atoms with Gasteiger partial charge in [-0.15, -0.1) is 0 Å². The van der Waals surface area contributed by atoms with E-state index in [1.54, 1.807) is 30.3 Å². The average Bonchev–Trinajstić information content (AvgIpc) is 3.03. The first-order chi connectivity index (χ1) is 14.5. The van der Waals surface area contributed by atoms with Crippen LogP contribution in [0.1, 0.15) is 15.9 Å². The van der Waals surface area contributed by atoms with Crippen molar-refractivity contribution >= 4 is 57.9 Å². The maximum absolute atomic E-state index is 13.2. The summed E-state index contributed by atoms with van der Waals surface area (Å²) in [6.45, 7) is 0. The molecule has 0 aliphatic carbocycles. The van der Waals surface area contributed by atoms with Gasteiger partial charge in [0.05, 0.1) is 21.8 Å². The Balaban J connectivity index is 1.78. The molecule has 148 valence electrons. The smallest absolute Gasteiger partial charge is 0.335 e. The third kappa shape index (κ3) is 4.30. The number of carboxylic acid groups (broad SMARTS) is 1. The molecule has 1 saturated heterocycles. The minimum atomic E-state index is -1.03. The van der Waals surface area contributed by atoms with E-state index >= 15 is 0 Å². The molecule has 1 N–H and O–H groups in total. The fraction of sp³-hybridized carbons (Fsp3) is 0. The number of para-hydroxylation sites is 1. The van der Waals surface area contributed by atoms with E-state index in [2.05, 4.69) is 4.99 Å². The number of thioether (sulfide) groups is 1. The summed E-state index contributed by atoms with van der Waals surface area (Å²) in [7, 11) is 0. The number of hydrogen-bond donors (Lipinski definition) is 1. The summed E-state index contributed by atoms with van der Waals surface area (Å²) in [5, 5.41) is 10.3. The molecule has 1 fully saturated rings. The topological polar surface area (TPSA) is 70.0 Å². The Labute approximate surface area is 182 Å². The zero-order valence-electron chi connectivity index (χ0n) is 15.5. The molecule has 4 rings (SSSR count). The van der Waals surface area contributed by atoms with Gasteiger partial charge in [0.25, 0.3) is 5.91 Å². The molecule has 0 atom stereocenters. The van der Waals surface area contributed by atoms with Crippen LogP contribution in [0, 0.1) is 0 Å². The van der Waals surface area contributed by atoms with Crippen LogP contribution < -0.4 is 4.90 Å². The predicted molar refractivity (Wildman–Crippen MR) is 121 cm³/mol. The number of anilines is 1. The molecule has 0 radical (unpaired) electrons. The second-order valence-electron chi connectivity index (χ2n) is 6.39. The monoisotopic (exact) mass is 434 g/mol. The van der Waals surface area contributed by atoms with Crippen LogP contribution in [0.5, 0.6) is 0 Å². The lowest BCUT2D eigenvalue weighted by Gasteiger charge is -2.15. The van der Waals surface area contributed by atoms with E-state index < -0.39 is 5.97 Å². The van der Waals surface area contributed by atoms with Crippen LogP contribution in [0.2, 0.25) is 5.02 Å². The van der Waals surface area contributed by atoms with Crippen molar-refractivity contribution < 1.29 is 14.7 Å². The number of carboxylic acids is 1. The number of aliphatic imine (C=N–C) groups is 1. The van der Waals surface area contributed by atoms with E-state index in [1.807, 2.05) is 42.5 Å². The lowest BCUT2D eigenvalue weighted by Crippen LogP contribution is -2.28. The van der Waals surface area contributed by atoms with Crippen molar-refractivity contribution in [3.63, 3.8) is 0 Å². The summed E-state index contributed by atoms with van der Waals surface area (Å²) >= 11 is 7.29. The van der Waals surface area contributed by atoms with Gasteiger partial charge in [-0.1, -0.05) is 48.0 Å². The fourth-order valence-corrected chi connectivity index (χ4v) is 4.12. The first-order valence-corrected chi connectivity index (χ1v) is 10.2. The minimum absolute atomic E-state index is 0.132. The Morgan fingerprint density at radius 1 is 1.00 bits per heavy atom. The molecule has 1 heterocycles. The van der Waals surface area contributed by atoms with Crippen molar-refractivity contribution in [2.75, 3.05) is 4.90 Å². The largest absolute Gasteiger partial charge is 0.478 e. The Hall–Kier alpha value is -3.35. The van der Waals surface area contributed by atoms with Crippen LogP contribution in [0.25, 0.3) is 6.08 Å². The number of aromatic carboxylic acids is 1. The standard InChI is InChI=1S/C23H15ClN2O3S/c24-17-8-4-6-15(12-17)13-20-21(27)26(19-10-2-1-3-11-19)23(30-20)25-18-9-5-7-16(14-18)22(28)29/h1-14H,(H,28,29)/b20-13-,25-23?. The van der Waals surface area contributed by atoms with Gasteiger partial charge in [0.15, 0.2) is 5.17 Å². The van der Waals surface area contributed by atoms with Crippen molar-refractivity contribution in [1.82, 2.24) is 0 Å². The number of carbonyl (C=O) groups excluding carboxylic acids is 1. The van der Waals surface area contributed by atoms with Crippen molar-refractivity contribution in [1.29, 1.82) is 0 Å². The number of hydrogen-bond acceptors (Lipinski definition) is 4.